The van der Waals surface area contributed by atoms with Crippen LogP contribution in [0.4, 0.5) is 0 Å². The number of methoxy groups -OCH3 is 1. The van der Waals surface area contributed by atoms with Crippen LogP contribution >= 0.6 is 0 Å². The molecule has 0 spiro atoms. The fraction of sp³-hybridized carbons (Fsp3) is 0.435. The highest BCUT2D eigenvalue weighted by atomic mass is 16.5. The number of aromatic nitrogens is 1. The maximum Gasteiger partial charge on any atom is 0.337 e. The Labute approximate surface area is 175 Å². The summed E-state index contributed by atoms with van der Waals surface area (Å²) in [6, 6.07) is 10.5. The second-order valence-corrected chi connectivity index (χ2v) is 8.07. The van der Waals surface area contributed by atoms with Crippen LogP contribution in [-0.4, -0.2) is 59.3 Å². The van der Waals surface area contributed by atoms with E-state index in [9.17, 15) is 14.7 Å². The third-order valence-corrected chi connectivity index (χ3v) is 6.08. The van der Waals surface area contributed by atoms with Crippen molar-refractivity contribution in [1.29, 1.82) is 0 Å². The highest BCUT2D eigenvalue weighted by molar-refractivity contribution is 5.89. The Kier molecular flexibility index (Phi) is 5.99. The molecule has 2 aliphatic rings. The van der Waals surface area contributed by atoms with E-state index in [2.05, 4.69) is 4.98 Å². The van der Waals surface area contributed by atoms with E-state index < -0.39 is 12.1 Å². The van der Waals surface area contributed by atoms with Crippen LogP contribution in [0.1, 0.15) is 28.8 Å². The molecule has 1 aromatic carbocycles. The zero-order valence-electron chi connectivity index (χ0n) is 16.9. The van der Waals surface area contributed by atoms with Crippen molar-refractivity contribution in [2.24, 2.45) is 11.8 Å². The van der Waals surface area contributed by atoms with Crippen LogP contribution < -0.4 is 4.74 Å². The standard InChI is InChI=1S/C23H26N2O5/c1-29-23(28)16-4-6-19(7-5-16)30-21-11-18-14-25(13-17(18)10-20(21)26)22(27)9-15-3-2-8-24-12-15/h2-8,12,17-18,20-21,26H,9-11,13-14H2,1H3/t17-,18+,20-,21-/m0/s1. The maximum atomic E-state index is 12.7. The quantitative estimate of drug-likeness (QED) is 0.760. The summed E-state index contributed by atoms with van der Waals surface area (Å²) in [6.07, 6.45) is 4.17. The van der Waals surface area contributed by atoms with E-state index in [1.165, 1.54) is 7.11 Å². The van der Waals surface area contributed by atoms with E-state index in [1.807, 2.05) is 17.0 Å². The van der Waals surface area contributed by atoms with Crippen LogP contribution in [0, 0.1) is 11.8 Å². The van der Waals surface area contributed by atoms with E-state index in [4.69, 9.17) is 9.47 Å². The Morgan fingerprint density at radius 2 is 1.87 bits per heavy atom. The van der Waals surface area contributed by atoms with E-state index in [1.54, 1.807) is 36.7 Å². The van der Waals surface area contributed by atoms with Crippen molar-refractivity contribution < 1.29 is 24.2 Å². The normalized spacial score (nSPS) is 25.5. The monoisotopic (exact) mass is 410 g/mol. The number of fused-ring (bicyclic) bond motifs is 1. The van der Waals surface area contributed by atoms with Gasteiger partial charge in [0, 0.05) is 25.5 Å². The maximum absolute atomic E-state index is 12.7. The number of pyridine rings is 1. The Hall–Kier alpha value is -2.93. The van der Waals surface area contributed by atoms with Crippen LogP contribution in [0.2, 0.25) is 0 Å². The predicted octanol–water partition coefficient (Wildman–Crippen LogP) is 2.09. The van der Waals surface area contributed by atoms with Crippen molar-refractivity contribution >= 4 is 11.9 Å². The van der Waals surface area contributed by atoms with Crippen LogP contribution in [-0.2, 0) is 16.0 Å². The molecule has 7 nitrogen and oxygen atoms in total. The molecular formula is C23H26N2O5. The van der Waals surface area contributed by atoms with Gasteiger partial charge in [0.15, 0.2) is 0 Å². The first-order chi connectivity index (χ1) is 14.5. The summed E-state index contributed by atoms with van der Waals surface area (Å²) in [5, 5.41) is 10.6. The van der Waals surface area contributed by atoms with Crippen molar-refractivity contribution in [3.63, 3.8) is 0 Å². The van der Waals surface area contributed by atoms with Crippen molar-refractivity contribution in [3.8, 4) is 5.75 Å². The lowest BCUT2D eigenvalue weighted by Gasteiger charge is -2.35. The van der Waals surface area contributed by atoms with Crippen molar-refractivity contribution in [2.45, 2.75) is 31.5 Å². The van der Waals surface area contributed by atoms with Crippen molar-refractivity contribution in [1.82, 2.24) is 9.88 Å². The lowest BCUT2D eigenvalue weighted by atomic mass is 9.78. The van der Waals surface area contributed by atoms with Gasteiger partial charge >= 0.3 is 5.97 Å². The molecule has 1 saturated carbocycles. The van der Waals surface area contributed by atoms with Gasteiger partial charge in [-0.1, -0.05) is 6.07 Å². The number of benzene rings is 1. The topological polar surface area (TPSA) is 89.0 Å². The minimum atomic E-state index is -0.583. The van der Waals surface area contributed by atoms with Crippen LogP contribution in [0.3, 0.4) is 0 Å². The number of aliphatic hydroxyl groups excluding tert-OH is 1. The number of ether oxygens (including phenoxy) is 2. The molecule has 158 valence electrons. The molecule has 0 unspecified atom stereocenters. The van der Waals surface area contributed by atoms with Gasteiger partial charge in [-0.15, -0.1) is 0 Å². The Morgan fingerprint density at radius 3 is 2.53 bits per heavy atom. The van der Waals surface area contributed by atoms with Crippen molar-refractivity contribution in [3.05, 3.63) is 59.9 Å². The Balaban J connectivity index is 1.35. The van der Waals surface area contributed by atoms with E-state index in [-0.39, 0.29) is 12.0 Å². The Morgan fingerprint density at radius 1 is 1.13 bits per heavy atom. The van der Waals surface area contributed by atoms with Crippen LogP contribution in [0.15, 0.2) is 48.8 Å². The van der Waals surface area contributed by atoms with Gasteiger partial charge in [0.05, 0.1) is 25.2 Å². The molecule has 2 fully saturated rings. The Bertz CT molecular complexity index is 886. The largest absolute Gasteiger partial charge is 0.488 e. The summed E-state index contributed by atoms with van der Waals surface area (Å²) in [4.78, 5) is 30.2. The summed E-state index contributed by atoms with van der Waals surface area (Å²) >= 11 is 0. The zero-order valence-corrected chi connectivity index (χ0v) is 16.9. The van der Waals surface area contributed by atoms with Gasteiger partial charge in [-0.2, -0.15) is 0 Å². The number of carbonyl (C=O) groups excluding carboxylic acids is 2. The highest BCUT2D eigenvalue weighted by Crippen LogP contribution is 2.38. The average Bonchev–Trinajstić information content (AvgIpc) is 3.17. The molecule has 1 amide bonds. The fourth-order valence-corrected chi connectivity index (χ4v) is 4.47. The molecule has 0 bridgehead atoms. The minimum Gasteiger partial charge on any atom is -0.488 e. The fourth-order valence-electron chi connectivity index (χ4n) is 4.47. The molecule has 1 aromatic heterocycles. The number of esters is 1. The summed E-state index contributed by atoms with van der Waals surface area (Å²) in [5.41, 5.74) is 1.36. The van der Waals surface area contributed by atoms with E-state index in [0.717, 1.165) is 5.56 Å². The molecular weight excluding hydrogens is 384 g/mol. The first-order valence-corrected chi connectivity index (χ1v) is 10.2. The third-order valence-electron chi connectivity index (χ3n) is 6.08. The lowest BCUT2D eigenvalue weighted by Crippen LogP contribution is -2.42. The molecule has 1 saturated heterocycles. The average molecular weight is 410 g/mol. The molecule has 4 atom stereocenters. The van der Waals surface area contributed by atoms with Crippen molar-refractivity contribution in [2.75, 3.05) is 20.2 Å². The SMILES string of the molecule is COC(=O)c1ccc(O[C@H]2C[C@@H]3CN(C(=O)Cc4cccnc4)C[C@@H]3C[C@@H]2O)cc1. The van der Waals surface area contributed by atoms with Gasteiger partial charge in [-0.05, 0) is 60.6 Å². The number of hydrogen-bond acceptors (Lipinski definition) is 6. The number of rotatable bonds is 5. The number of carbonyl (C=O) groups is 2. The number of nitrogens with zero attached hydrogens (tertiary/aromatic N) is 2. The second kappa shape index (κ2) is 8.83. The van der Waals surface area contributed by atoms with Gasteiger partial charge in [0.1, 0.15) is 11.9 Å². The van der Waals surface area contributed by atoms with E-state index in [0.29, 0.717) is 55.5 Å². The molecule has 1 aliphatic heterocycles. The number of aliphatic hydroxyl groups is 1. The first-order valence-electron chi connectivity index (χ1n) is 10.2. The molecule has 0 radical (unpaired) electrons. The molecule has 1 aliphatic carbocycles. The number of likely N-dealkylation sites (tertiary alicyclic amines) is 1. The lowest BCUT2D eigenvalue weighted by molar-refractivity contribution is -0.129. The van der Waals surface area contributed by atoms with Gasteiger partial charge < -0.3 is 19.5 Å². The molecule has 7 heteroatoms. The van der Waals surface area contributed by atoms with E-state index >= 15 is 0 Å². The number of amides is 1. The molecule has 2 aromatic rings. The minimum absolute atomic E-state index is 0.0998. The summed E-state index contributed by atoms with van der Waals surface area (Å²) < 4.78 is 10.7. The highest BCUT2D eigenvalue weighted by Gasteiger charge is 2.43. The molecule has 2 heterocycles. The molecule has 1 N–H and O–H groups in total. The zero-order chi connectivity index (χ0) is 21.1. The van der Waals surface area contributed by atoms with Gasteiger partial charge in [-0.3, -0.25) is 9.78 Å². The molecule has 4 rings (SSSR count). The molecule has 30 heavy (non-hydrogen) atoms. The predicted molar refractivity (Wildman–Crippen MR) is 109 cm³/mol. The summed E-state index contributed by atoms with van der Waals surface area (Å²) in [7, 11) is 1.34. The van der Waals surface area contributed by atoms with Crippen LogP contribution in [0.5, 0.6) is 5.75 Å². The van der Waals surface area contributed by atoms with Gasteiger partial charge in [-0.25, -0.2) is 4.79 Å². The third kappa shape index (κ3) is 4.46. The van der Waals surface area contributed by atoms with Gasteiger partial charge in [0.2, 0.25) is 5.91 Å². The van der Waals surface area contributed by atoms with Crippen LogP contribution in [0.25, 0.3) is 0 Å². The smallest absolute Gasteiger partial charge is 0.337 e. The second-order valence-electron chi connectivity index (χ2n) is 8.07. The number of hydrogen-bond donors (Lipinski definition) is 1. The van der Waals surface area contributed by atoms with Gasteiger partial charge in [0.25, 0.3) is 0 Å². The first kappa shape index (κ1) is 20.3. The summed E-state index contributed by atoms with van der Waals surface area (Å²) in [5.74, 6) is 0.907. The summed E-state index contributed by atoms with van der Waals surface area (Å²) in [6.45, 7) is 1.37.